The predicted octanol–water partition coefficient (Wildman–Crippen LogP) is 2.65. The summed E-state index contributed by atoms with van der Waals surface area (Å²) < 4.78 is 23.5. The van der Waals surface area contributed by atoms with E-state index in [1.165, 1.54) is 16.7 Å². The first-order chi connectivity index (χ1) is 9.91. The van der Waals surface area contributed by atoms with Crippen LogP contribution in [0.1, 0.15) is 36.5 Å². The normalized spacial score (nSPS) is 22.3. The minimum absolute atomic E-state index is 0.251. The Labute approximate surface area is 129 Å². The van der Waals surface area contributed by atoms with Gasteiger partial charge in [0.2, 0.25) is 0 Å². The van der Waals surface area contributed by atoms with Gasteiger partial charge in [0, 0.05) is 6.04 Å². The summed E-state index contributed by atoms with van der Waals surface area (Å²) in [5.41, 5.74) is 3.90. The summed E-state index contributed by atoms with van der Waals surface area (Å²) in [7, 11) is -2.82. The van der Waals surface area contributed by atoms with Crippen LogP contribution in [0.4, 0.5) is 0 Å². The maximum atomic E-state index is 11.8. The van der Waals surface area contributed by atoms with E-state index in [-0.39, 0.29) is 12.0 Å². The summed E-state index contributed by atoms with van der Waals surface area (Å²) in [6.07, 6.45) is 2.80. The van der Waals surface area contributed by atoms with Crippen molar-refractivity contribution >= 4 is 9.84 Å². The Balaban J connectivity index is 2.14. The molecule has 0 spiro atoms. The van der Waals surface area contributed by atoms with Gasteiger partial charge in [-0.2, -0.15) is 0 Å². The number of hydrogen-bond donors (Lipinski definition) is 1. The highest BCUT2D eigenvalue weighted by molar-refractivity contribution is 7.91. The predicted molar refractivity (Wildman–Crippen MR) is 88.5 cm³/mol. The molecule has 0 saturated carbocycles. The van der Waals surface area contributed by atoms with Gasteiger partial charge in [0.25, 0.3) is 0 Å². The van der Waals surface area contributed by atoms with Crippen molar-refractivity contribution in [3.05, 3.63) is 34.9 Å². The van der Waals surface area contributed by atoms with Crippen LogP contribution in [0.2, 0.25) is 0 Å². The van der Waals surface area contributed by atoms with Crippen LogP contribution in [0, 0.1) is 19.8 Å². The van der Waals surface area contributed by atoms with E-state index in [4.69, 9.17) is 0 Å². The van der Waals surface area contributed by atoms with Crippen LogP contribution >= 0.6 is 0 Å². The molecule has 2 unspecified atom stereocenters. The summed E-state index contributed by atoms with van der Waals surface area (Å²) >= 11 is 0. The van der Waals surface area contributed by atoms with Gasteiger partial charge >= 0.3 is 0 Å². The standard InChI is InChI=1S/C17H27NO2S/c1-4-8-18-17(15-7-9-21(19,20)12-15)11-16-10-13(2)5-6-14(16)3/h5-6,10,15,17-18H,4,7-9,11-12H2,1-3H3. The topological polar surface area (TPSA) is 46.2 Å². The zero-order valence-corrected chi connectivity index (χ0v) is 14.2. The van der Waals surface area contributed by atoms with Crippen molar-refractivity contribution in [2.45, 2.75) is 46.1 Å². The third kappa shape index (κ3) is 4.55. The van der Waals surface area contributed by atoms with Gasteiger partial charge in [-0.05, 0) is 56.7 Å². The van der Waals surface area contributed by atoms with E-state index in [0.717, 1.165) is 25.8 Å². The van der Waals surface area contributed by atoms with Gasteiger partial charge in [-0.1, -0.05) is 30.7 Å². The lowest BCUT2D eigenvalue weighted by atomic mass is 9.90. The average Bonchev–Trinajstić information content (AvgIpc) is 2.78. The van der Waals surface area contributed by atoms with Crippen molar-refractivity contribution in [3.8, 4) is 0 Å². The molecule has 21 heavy (non-hydrogen) atoms. The lowest BCUT2D eigenvalue weighted by molar-refractivity contribution is 0.379. The third-order valence-corrected chi connectivity index (χ3v) is 6.23. The smallest absolute Gasteiger partial charge is 0.150 e. The molecule has 1 N–H and O–H groups in total. The molecular weight excluding hydrogens is 282 g/mol. The third-order valence-electron chi connectivity index (χ3n) is 4.44. The molecular formula is C17H27NO2S. The molecule has 0 bridgehead atoms. The van der Waals surface area contributed by atoms with Crippen molar-refractivity contribution in [2.24, 2.45) is 5.92 Å². The Bertz CT molecular complexity index is 580. The molecule has 1 saturated heterocycles. The van der Waals surface area contributed by atoms with Gasteiger partial charge < -0.3 is 5.32 Å². The molecule has 1 aromatic carbocycles. The van der Waals surface area contributed by atoms with E-state index >= 15 is 0 Å². The zero-order valence-electron chi connectivity index (χ0n) is 13.4. The second-order valence-electron chi connectivity index (χ2n) is 6.36. The molecule has 3 nitrogen and oxygen atoms in total. The van der Waals surface area contributed by atoms with E-state index in [0.29, 0.717) is 11.5 Å². The molecule has 0 radical (unpaired) electrons. The minimum atomic E-state index is -2.82. The quantitative estimate of drug-likeness (QED) is 0.879. The van der Waals surface area contributed by atoms with Crippen LogP contribution in [0.5, 0.6) is 0 Å². The molecule has 4 heteroatoms. The van der Waals surface area contributed by atoms with Crippen LogP contribution in [0.3, 0.4) is 0 Å². The van der Waals surface area contributed by atoms with Gasteiger partial charge in [0.1, 0.15) is 0 Å². The fourth-order valence-corrected chi connectivity index (χ4v) is 5.01. The lowest BCUT2D eigenvalue weighted by Crippen LogP contribution is -2.39. The molecule has 2 atom stereocenters. The first-order valence-corrected chi connectivity index (χ1v) is 9.73. The molecule has 1 aliphatic rings. The Kier molecular flexibility index (Phi) is 5.44. The van der Waals surface area contributed by atoms with Gasteiger partial charge in [0.05, 0.1) is 11.5 Å². The number of rotatable bonds is 6. The van der Waals surface area contributed by atoms with Gasteiger partial charge in [0.15, 0.2) is 9.84 Å². The Hall–Kier alpha value is -0.870. The van der Waals surface area contributed by atoms with Crippen molar-refractivity contribution in [1.29, 1.82) is 0 Å². The highest BCUT2D eigenvalue weighted by atomic mass is 32.2. The molecule has 1 heterocycles. The summed E-state index contributed by atoms with van der Waals surface area (Å²) in [5.74, 6) is 0.954. The average molecular weight is 309 g/mol. The fraction of sp³-hybridized carbons (Fsp3) is 0.647. The monoisotopic (exact) mass is 309 g/mol. The summed E-state index contributed by atoms with van der Waals surface area (Å²) in [6.45, 7) is 7.34. The Morgan fingerprint density at radius 3 is 2.71 bits per heavy atom. The molecule has 0 aromatic heterocycles. The van der Waals surface area contributed by atoms with E-state index in [1.807, 2.05) is 0 Å². The van der Waals surface area contributed by atoms with Crippen molar-refractivity contribution in [3.63, 3.8) is 0 Å². The van der Waals surface area contributed by atoms with Crippen molar-refractivity contribution < 1.29 is 8.42 Å². The molecule has 0 aliphatic carbocycles. The number of hydrogen-bond acceptors (Lipinski definition) is 3. The molecule has 1 aliphatic heterocycles. The number of sulfone groups is 1. The van der Waals surface area contributed by atoms with E-state index < -0.39 is 9.84 Å². The molecule has 1 aromatic rings. The maximum absolute atomic E-state index is 11.8. The lowest BCUT2D eigenvalue weighted by Gasteiger charge is -2.25. The van der Waals surface area contributed by atoms with Crippen LogP contribution in [-0.2, 0) is 16.3 Å². The van der Waals surface area contributed by atoms with Crippen molar-refractivity contribution in [2.75, 3.05) is 18.1 Å². The highest BCUT2D eigenvalue weighted by Crippen LogP contribution is 2.25. The van der Waals surface area contributed by atoms with Crippen LogP contribution < -0.4 is 5.32 Å². The molecule has 2 rings (SSSR count). The summed E-state index contributed by atoms with van der Waals surface area (Å²) in [4.78, 5) is 0. The first-order valence-electron chi connectivity index (χ1n) is 7.91. The van der Waals surface area contributed by atoms with Crippen molar-refractivity contribution in [1.82, 2.24) is 5.32 Å². The maximum Gasteiger partial charge on any atom is 0.150 e. The zero-order chi connectivity index (χ0) is 15.5. The van der Waals surface area contributed by atoms with E-state index in [2.05, 4.69) is 44.3 Å². The number of benzene rings is 1. The van der Waals surface area contributed by atoms with Crippen LogP contribution in [0.25, 0.3) is 0 Å². The summed E-state index contributed by atoms with van der Waals surface area (Å²) in [6, 6.07) is 6.79. The molecule has 0 amide bonds. The van der Waals surface area contributed by atoms with Gasteiger partial charge in [-0.15, -0.1) is 0 Å². The largest absolute Gasteiger partial charge is 0.313 e. The Morgan fingerprint density at radius 2 is 2.10 bits per heavy atom. The van der Waals surface area contributed by atoms with Gasteiger partial charge in [-0.25, -0.2) is 8.42 Å². The van der Waals surface area contributed by atoms with Crippen LogP contribution in [-0.4, -0.2) is 32.5 Å². The second kappa shape index (κ2) is 6.93. The first kappa shape index (κ1) is 16.5. The van der Waals surface area contributed by atoms with E-state index in [1.54, 1.807) is 0 Å². The number of aryl methyl sites for hydroxylation is 2. The minimum Gasteiger partial charge on any atom is -0.313 e. The molecule has 118 valence electrons. The Morgan fingerprint density at radius 1 is 1.33 bits per heavy atom. The number of nitrogens with one attached hydrogen (secondary N) is 1. The fourth-order valence-electron chi connectivity index (χ4n) is 3.13. The summed E-state index contributed by atoms with van der Waals surface area (Å²) in [5, 5.41) is 3.58. The molecule has 1 fully saturated rings. The van der Waals surface area contributed by atoms with Gasteiger partial charge in [-0.3, -0.25) is 0 Å². The SMILES string of the molecule is CCCNC(Cc1cc(C)ccc1C)C1CCS(=O)(=O)C1. The highest BCUT2D eigenvalue weighted by Gasteiger charge is 2.33. The van der Waals surface area contributed by atoms with Crippen LogP contribution in [0.15, 0.2) is 18.2 Å². The van der Waals surface area contributed by atoms with E-state index in [9.17, 15) is 8.42 Å². The second-order valence-corrected chi connectivity index (χ2v) is 8.59.